The number of benzene rings is 1. The summed E-state index contributed by atoms with van der Waals surface area (Å²) in [5, 5.41) is 0. The van der Waals surface area contributed by atoms with Gasteiger partial charge in [-0.25, -0.2) is 9.78 Å². The van der Waals surface area contributed by atoms with Gasteiger partial charge in [0, 0.05) is 17.4 Å². The van der Waals surface area contributed by atoms with Crippen molar-refractivity contribution in [1.29, 1.82) is 0 Å². The van der Waals surface area contributed by atoms with Gasteiger partial charge in [-0.2, -0.15) is 0 Å². The van der Waals surface area contributed by atoms with Crippen LogP contribution in [0.1, 0.15) is 16.1 Å². The second kappa shape index (κ2) is 4.87. The van der Waals surface area contributed by atoms with E-state index in [2.05, 4.69) is 9.72 Å². The van der Waals surface area contributed by atoms with E-state index >= 15 is 0 Å². The molecular weight excluding hydrogens is 228 g/mol. The molecule has 0 amide bonds. The van der Waals surface area contributed by atoms with Crippen LogP contribution in [-0.2, 0) is 4.74 Å². The first-order chi connectivity index (χ1) is 8.61. The Kier molecular flexibility index (Phi) is 3.28. The Labute approximate surface area is 105 Å². The number of nitrogens with zero attached hydrogens (tertiary/aromatic N) is 1. The molecule has 1 heterocycles. The molecule has 0 bridgehead atoms. The van der Waals surface area contributed by atoms with Crippen LogP contribution in [0, 0.1) is 6.92 Å². The van der Waals surface area contributed by atoms with E-state index in [9.17, 15) is 4.79 Å². The second-order valence-corrected chi connectivity index (χ2v) is 4.00. The molecular formula is C14H14N2O2. The first kappa shape index (κ1) is 12.1. The van der Waals surface area contributed by atoms with E-state index in [1.807, 2.05) is 37.3 Å². The Bertz CT molecular complexity index is 577. The van der Waals surface area contributed by atoms with Crippen LogP contribution in [0.5, 0.6) is 0 Å². The third kappa shape index (κ3) is 2.32. The summed E-state index contributed by atoms with van der Waals surface area (Å²) in [6, 6.07) is 9.41. The highest BCUT2D eigenvalue weighted by Crippen LogP contribution is 2.22. The number of hydrogen-bond donors (Lipinski definition) is 1. The number of nitrogen functional groups attached to an aromatic ring is 1. The molecule has 4 heteroatoms. The number of esters is 1. The predicted octanol–water partition coefficient (Wildman–Crippen LogP) is 2.43. The van der Waals surface area contributed by atoms with Gasteiger partial charge in [-0.05, 0) is 36.2 Å². The summed E-state index contributed by atoms with van der Waals surface area (Å²) in [6.07, 6.45) is 1.66. The molecule has 0 radical (unpaired) electrons. The number of ether oxygens (including phenoxy) is 1. The molecule has 0 aliphatic rings. The highest BCUT2D eigenvalue weighted by molar-refractivity contribution is 5.89. The summed E-state index contributed by atoms with van der Waals surface area (Å²) >= 11 is 0. The molecule has 0 unspecified atom stereocenters. The number of carbonyl (C=O) groups is 1. The quantitative estimate of drug-likeness (QED) is 0.648. The molecule has 92 valence electrons. The van der Waals surface area contributed by atoms with Crippen molar-refractivity contribution < 1.29 is 9.53 Å². The van der Waals surface area contributed by atoms with Crippen molar-refractivity contribution in [3.05, 3.63) is 47.8 Å². The van der Waals surface area contributed by atoms with Gasteiger partial charge in [-0.3, -0.25) is 0 Å². The summed E-state index contributed by atoms with van der Waals surface area (Å²) in [7, 11) is 1.34. The molecule has 0 saturated carbocycles. The van der Waals surface area contributed by atoms with E-state index in [0.29, 0.717) is 5.69 Å². The smallest absolute Gasteiger partial charge is 0.356 e. The van der Waals surface area contributed by atoms with E-state index in [0.717, 1.165) is 22.4 Å². The molecule has 0 aliphatic heterocycles. The van der Waals surface area contributed by atoms with Crippen molar-refractivity contribution in [3.63, 3.8) is 0 Å². The van der Waals surface area contributed by atoms with Gasteiger partial charge in [-0.1, -0.05) is 12.1 Å². The molecule has 0 spiro atoms. The van der Waals surface area contributed by atoms with Gasteiger partial charge in [-0.15, -0.1) is 0 Å². The maximum atomic E-state index is 11.4. The van der Waals surface area contributed by atoms with Crippen LogP contribution in [-0.4, -0.2) is 18.1 Å². The van der Waals surface area contributed by atoms with Crippen LogP contribution >= 0.6 is 0 Å². The van der Waals surface area contributed by atoms with Crippen LogP contribution in [0.2, 0.25) is 0 Å². The lowest BCUT2D eigenvalue weighted by atomic mass is 10.0. The fourth-order valence-electron chi connectivity index (χ4n) is 1.72. The molecule has 2 N–H and O–H groups in total. The number of rotatable bonds is 2. The first-order valence-corrected chi connectivity index (χ1v) is 5.52. The third-order valence-electron chi connectivity index (χ3n) is 2.70. The standard InChI is InChI=1S/C14H14N2O2/c1-9-7-11(8-16-13(9)14(17)18-2)10-3-5-12(15)6-4-10/h3-8H,15H2,1-2H3. The van der Waals surface area contributed by atoms with E-state index in [4.69, 9.17) is 5.73 Å². The number of pyridine rings is 1. The van der Waals surface area contributed by atoms with E-state index < -0.39 is 5.97 Å². The van der Waals surface area contributed by atoms with Gasteiger partial charge in [0.25, 0.3) is 0 Å². The fraction of sp³-hybridized carbons (Fsp3) is 0.143. The van der Waals surface area contributed by atoms with Crippen LogP contribution in [0.25, 0.3) is 11.1 Å². The minimum absolute atomic E-state index is 0.344. The number of nitrogens with two attached hydrogens (primary N) is 1. The molecule has 1 aromatic heterocycles. The fourth-order valence-corrected chi connectivity index (χ4v) is 1.72. The topological polar surface area (TPSA) is 65.2 Å². The zero-order valence-electron chi connectivity index (χ0n) is 10.3. The van der Waals surface area contributed by atoms with Gasteiger partial charge < -0.3 is 10.5 Å². The Hall–Kier alpha value is -2.36. The van der Waals surface area contributed by atoms with Crippen molar-refractivity contribution in [2.24, 2.45) is 0 Å². The summed E-state index contributed by atoms with van der Waals surface area (Å²) in [4.78, 5) is 15.6. The van der Waals surface area contributed by atoms with Crippen LogP contribution < -0.4 is 5.73 Å². The molecule has 4 nitrogen and oxygen atoms in total. The molecule has 0 aliphatic carbocycles. The number of aryl methyl sites for hydroxylation is 1. The minimum Gasteiger partial charge on any atom is -0.464 e. The van der Waals surface area contributed by atoms with Crippen molar-refractivity contribution >= 4 is 11.7 Å². The summed E-state index contributed by atoms with van der Waals surface area (Å²) in [5.41, 5.74) is 9.44. The molecule has 18 heavy (non-hydrogen) atoms. The van der Waals surface area contributed by atoms with E-state index in [1.165, 1.54) is 7.11 Å². The highest BCUT2D eigenvalue weighted by Gasteiger charge is 2.11. The van der Waals surface area contributed by atoms with Crippen molar-refractivity contribution in [3.8, 4) is 11.1 Å². The predicted molar refractivity (Wildman–Crippen MR) is 70.2 cm³/mol. The first-order valence-electron chi connectivity index (χ1n) is 5.52. The lowest BCUT2D eigenvalue weighted by Gasteiger charge is -2.06. The molecule has 2 aromatic rings. The van der Waals surface area contributed by atoms with Crippen molar-refractivity contribution in [2.45, 2.75) is 6.92 Å². The van der Waals surface area contributed by atoms with Crippen LogP contribution in [0.4, 0.5) is 5.69 Å². The lowest BCUT2D eigenvalue weighted by Crippen LogP contribution is -2.06. The van der Waals surface area contributed by atoms with Crippen LogP contribution in [0.15, 0.2) is 36.5 Å². The number of hydrogen-bond acceptors (Lipinski definition) is 4. The summed E-state index contributed by atoms with van der Waals surface area (Å²) in [5.74, 6) is -0.420. The molecule has 0 atom stereocenters. The molecule has 0 fully saturated rings. The normalized spacial score (nSPS) is 10.1. The maximum absolute atomic E-state index is 11.4. The Morgan fingerprint density at radius 2 is 1.89 bits per heavy atom. The zero-order chi connectivity index (χ0) is 13.1. The number of aromatic nitrogens is 1. The van der Waals surface area contributed by atoms with E-state index in [-0.39, 0.29) is 0 Å². The Balaban J connectivity index is 2.40. The zero-order valence-corrected chi connectivity index (χ0v) is 10.3. The van der Waals surface area contributed by atoms with Crippen molar-refractivity contribution in [2.75, 3.05) is 12.8 Å². The average molecular weight is 242 g/mol. The molecule has 0 saturated heterocycles. The monoisotopic (exact) mass is 242 g/mol. The summed E-state index contributed by atoms with van der Waals surface area (Å²) in [6.45, 7) is 1.83. The summed E-state index contributed by atoms with van der Waals surface area (Å²) < 4.78 is 4.66. The number of methoxy groups -OCH3 is 1. The Morgan fingerprint density at radius 3 is 2.44 bits per heavy atom. The second-order valence-electron chi connectivity index (χ2n) is 4.00. The Morgan fingerprint density at radius 1 is 1.22 bits per heavy atom. The minimum atomic E-state index is -0.420. The van der Waals surface area contributed by atoms with Crippen LogP contribution in [0.3, 0.4) is 0 Å². The third-order valence-corrected chi connectivity index (χ3v) is 2.70. The molecule has 2 rings (SSSR count). The highest BCUT2D eigenvalue weighted by atomic mass is 16.5. The number of anilines is 1. The molecule has 1 aromatic carbocycles. The van der Waals surface area contributed by atoms with Gasteiger partial charge >= 0.3 is 5.97 Å². The van der Waals surface area contributed by atoms with Crippen molar-refractivity contribution in [1.82, 2.24) is 4.98 Å². The SMILES string of the molecule is COC(=O)c1ncc(-c2ccc(N)cc2)cc1C. The van der Waals surface area contributed by atoms with Gasteiger partial charge in [0.2, 0.25) is 0 Å². The van der Waals surface area contributed by atoms with Gasteiger partial charge in [0.05, 0.1) is 7.11 Å². The van der Waals surface area contributed by atoms with E-state index in [1.54, 1.807) is 6.20 Å². The van der Waals surface area contributed by atoms with Gasteiger partial charge in [0.15, 0.2) is 5.69 Å². The number of carbonyl (C=O) groups excluding carboxylic acids is 1. The lowest BCUT2D eigenvalue weighted by molar-refractivity contribution is 0.0593. The van der Waals surface area contributed by atoms with Gasteiger partial charge in [0.1, 0.15) is 0 Å². The maximum Gasteiger partial charge on any atom is 0.356 e. The average Bonchev–Trinajstić information content (AvgIpc) is 2.38. The largest absolute Gasteiger partial charge is 0.464 e.